The summed E-state index contributed by atoms with van der Waals surface area (Å²) in [7, 11) is 0. The Morgan fingerprint density at radius 3 is 2.45 bits per heavy atom. The molecule has 0 aliphatic heterocycles. The topological polar surface area (TPSA) is 29.3 Å². The molecule has 3 heteroatoms. The quantitative estimate of drug-likeness (QED) is 0.824. The average Bonchev–Trinajstić information content (AvgIpc) is 2.44. The van der Waals surface area contributed by atoms with Crippen molar-refractivity contribution in [1.82, 2.24) is 4.90 Å². The zero-order valence-electron chi connectivity index (χ0n) is 12.1. The third kappa shape index (κ3) is 3.62. The molecular formula is C17H21BrN2. The molecule has 2 aromatic carbocycles. The van der Waals surface area contributed by atoms with Crippen LogP contribution < -0.4 is 5.73 Å². The fourth-order valence-corrected chi connectivity index (χ4v) is 2.78. The van der Waals surface area contributed by atoms with E-state index in [2.05, 4.69) is 58.9 Å². The Morgan fingerprint density at radius 1 is 1.05 bits per heavy atom. The molecule has 2 nitrogen and oxygen atoms in total. The van der Waals surface area contributed by atoms with E-state index >= 15 is 0 Å². The number of benzene rings is 2. The Bertz CT molecular complexity index is 561. The van der Waals surface area contributed by atoms with E-state index in [9.17, 15) is 0 Å². The van der Waals surface area contributed by atoms with Crippen molar-refractivity contribution in [2.45, 2.75) is 26.9 Å². The summed E-state index contributed by atoms with van der Waals surface area (Å²) in [6.07, 6.45) is 0. The highest BCUT2D eigenvalue weighted by Crippen LogP contribution is 2.25. The van der Waals surface area contributed by atoms with E-state index in [0.717, 1.165) is 29.8 Å². The van der Waals surface area contributed by atoms with Gasteiger partial charge in [0.1, 0.15) is 0 Å². The van der Waals surface area contributed by atoms with Crippen LogP contribution >= 0.6 is 15.9 Å². The van der Waals surface area contributed by atoms with Crippen molar-refractivity contribution in [3.63, 3.8) is 0 Å². The van der Waals surface area contributed by atoms with Crippen LogP contribution in [0.25, 0.3) is 0 Å². The minimum Gasteiger partial charge on any atom is -0.398 e. The lowest BCUT2D eigenvalue weighted by Gasteiger charge is -2.23. The zero-order valence-corrected chi connectivity index (χ0v) is 13.7. The SMILES string of the molecule is CCN(Cc1ccccc1C)Cc1c(N)cccc1Br. The molecule has 0 unspecified atom stereocenters. The lowest BCUT2D eigenvalue weighted by atomic mass is 10.1. The normalized spacial score (nSPS) is 11.0. The number of halogens is 1. The number of nitrogens with zero attached hydrogens (tertiary/aromatic N) is 1. The van der Waals surface area contributed by atoms with Crippen molar-refractivity contribution >= 4 is 21.6 Å². The largest absolute Gasteiger partial charge is 0.398 e. The lowest BCUT2D eigenvalue weighted by Crippen LogP contribution is -2.23. The van der Waals surface area contributed by atoms with Gasteiger partial charge in [0.25, 0.3) is 0 Å². The van der Waals surface area contributed by atoms with Crippen molar-refractivity contribution in [2.24, 2.45) is 0 Å². The molecule has 106 valence electrons. The monoisotopic (exact) mass is 332 g/mol. The summed E-state index contributed by atoms with van der Waals surface area (Å²) >= 11 is 3.60. The number of rotatable bonds is 5. The summed E-state index contributed by atoms with van der Waals surface area (Å²) in [4.78, 5) is 2.40. The van der Waals surface area contributed by atoms with Crippen LogP contribution in [-0.2, 0) is 13.1 Å². The van der Waals surface area contributed by atoms with Crippen LogP contribution in [0.2, 0.25) is 0 Å². The average molecular weight is 333 g/mol. The summed E-state index contributed by atoms with van der Waals surface area (Å²) in [5, 5.41) is 0. The van der Waals surface area contributed by atoms with E-state index < -0.39 is 0 Å². The number of hydrogen-bond acceptors (Lipinski definition) is 2. The Hall–Kier alpha value is -1.32. The molecule has 20 heavy (non-hydrogen) atoms. The predicted molar refractivity (Wildman–Crippen MR) is 89.5 cm³/mol. The second-order valence-electron chi connectivity index (χ2n) is 5.04. The summed E-state index contributed by atoms with van der Waals surface area (Å²) < 4.78 is 1.08. The van der Waals surface area contributed by atoms with Gasteiger partial charge < -0.3 is 5.73 Å². The van der Waals surface area contributed by atoms with E-state index in [0.29, 0.717) is 0 Å². The number of nitrogen functional groups attached to an aromatic ring is 1. The van der Waals surface area contributed by atoms with Gasteiger partial charge in [-0.2, -0.15) is 0 Å². The first-order valence-corrected chi connectivity index (χ1v) is 7.70. The van der Waals surface area contributed by atoms with Crippen LogP contribution in [0.4, 0.5) is 5.69 Å². The first-order chi connectivity index (χ1) is 9.61. The molecule has 2 aromatic rings. The van der Waals surface area contributed by atoms with Crippen LogP contribution in [0.5, 0.6) is 0 Å². The van der Waals surface area contributed by atoms with Gasteiger partial charge in [0.05, 0.1) is 0 Å². The van der Waals surface area contributed by atoms with Crippen molar-refractivity contribution in [2.75, 3.05) is 12.3 Å². The van der Waals surface area contributed by atoms with Gasteiger partial charge in [-0.15, -0.1) is 0 Å². The Kier molecular flexibility index (Phi) is 5.21. The molecular weight excluding hydrogens is 312 g/mol. The van der Waals surface area contributed by atoms with Gasteiger partial charge in [-0.05, 0) is 36.7 Å². The second kappa shape index (κ2) is 6.91. The number of anilines is 1. The zero-order chi connectivity index (χ0) is 14.5. The first kappa shape index (κ1) is 15.1. The highest BCUT2D eigenvalue weighted by molar-refractivity contribution is 9.10. The van der Waals surface area contributed by atoms with Crippen molar-refractivity contribution in [3.05, 3.63) is 63.6 Å². The van der Waals surface area contributed by atoms with E-state index in [4.69, 9.17) is 5.73 Å². The van der Waals surface area contributed by atoms with Crippen molar-refractivity contribution in [1.29, 1.82) is 0 Å². The van der Waals surface area contributed by atoms with Gasteiger partial charge in [-0.3, -0.25) is 4.90 Å². The van der Waals surface area contributed by atoms with E-state index in [-0.39, 0.29) is 0 Å². The minimum atomic E-state index is 0.850. The van der Waals surface area contributed by atoms with Gasteiger partial charge in [-0.1, -0.05) is 53.2 Å². The maximum Gasteiger partial charge on any atom is 0.0371 e. The molecule has 0 amide bonds. The summed E-state index contributed by atoms with van der Waals surface area (Å²) in [5.74, 6) is 0. The first-order valence-electron chi connectivity index (χ1n) is 6.91. The summed E-state index contributed by atoms with van der Waals surface area (Å²) in [6.45, 7) is 7.15. The molecule has 0 fully saturated rings. The highest BCUT2D eigenvalue weighted by atomic mass is 79.9. The number of hydrogen-bond donors (Lipinski definition) is 1. The molecule has 0 aromatic heterocycles. The molecule has 0 heterocycles. The van der Waals surface area contributed by atoms with Crippen LogP contribution in [0.15, 0.2) is 46.9 Å². The van der Waals surface area contributed by atoms with Crippen LogP contribution in [0.3, 0.4) is 0 Å². The standard InChI is InChI=1S/C17H21BrN2/c1-3-20(11-14-8-5-4-7-13(14)2)12-15-16(18)9-6-10-17(15)19/h4-10H,3,11-12,19H2,1-2H3. The molecule has 0 saturated carbocycles. The predicted octanol–water partition coefficient (Wildman–Crippen LogP) is 4.36. The maximum absolute atomic E-state index is 6.09. The Labute approximate surface area is 129 Å². The highest BCUT2D eigenvalue weighted by Gasteiger charge is 2.11. The van der Waals surface area contributed by atoms with Crippen molar-refractivity contribution < 1.29 is 0 Å². The second-order valence-corrected chi connectivity index (χ2v) is 5.89. The fraction of sp³-hybridized carbons (Fsp3) is 0.294. The van der Waals surface area contributed by atoms with Crippen LogP contribution in [0.1, 0.15) is 23.6 Å². The molecule has 0 bridgehead atoms. The minimum absolute atomic E-state index is 0.850. The summed E-state index contributed by atoms with van der Waals surface area (Å²) in [6, 6.07) is 14.5. The Morgan fingerprint density at radius 2 is 1.80 bits per heavy atom. The van der Waals surface area contributed by atoms with Crippen molar-refractivity contribution in [3.8, 4) is 0 Å². The van der Waals surface area contributed by atoms with Crippen LogP contribution in [-0.4, -0.2) is 11.4 Å². The van der Waals surface area contributed by atoms with Gasteiger partial charge in [-0.25, -0.2) is 0 Å². The molecule has 0 spiro atoms. The molecule has 2 rings (SSSR count). The maximum atomic E-state index is 6.09. The molecule has 0 saturated heterocycles. The van der Waals surface area contributed by atoms with E-state index in [1.165, 1.54) is 16.7 Å². The molecule has 0 radical (unpaired) electrons. The fourth-order valence-electron chi connectivity index (χ4n) is 2.27. The lowest BCUT2D eigenvalue weighted by molar-refractivity contribution is 0.271. The Balaban J connectivity index is 2.16. The number of nitrogens with two attached hydrogens (primary N) is 1. The van der Waals surface area contributed by atoms with E-state index in [1.807, 2.05) is 18.2 Å². The van der Waals surface area contributed by atoms with Gasteiger partial charge in [0.2, 0.25) is 0 Å². The van der Waals surface area contributed by atoms with Gasteiger partial charge >= 0.3 is 0 Å². The molecule has 2 N–H and O–H groups in total. The third-order valence-electron chi connectivity index (χ3n) is 3.64. The molecule has 0 aliphatic carbocycles. The number of aryl methyl sites for hydroxylation is 1. The summed E-state index contributed by atoms with van der Waals surface area (Å²) in [5.41, 5.74) is 10.8. The van der Waals surface area contributed by atoms with Gasteiger partial charge in [0, 0.05) is 28.8 Å². The smallest absolute Gasteiger partial charge is 0.0371 e. The van der Waals surface area contributed by atoms with Gasteiger partial charge in [0.15, 0.2) is 0 Å². The molecule has 0 aliphatic rings. The molecule has 0 atom stereocenters. The third-order valence-corrected chi connectivity index (χ3v) is 4.38. The van der Waals surface area contributed by atoms with E-state index in [1.54, 1.807) is 0 Å². The van der Waals surface area contributed by atoms with Crippen LogP contribution in [0, 0.1) is 6.92 Å².